The third-order valence-corrected chi connectivity index (χ3v) is 8.39. The fourth-order valence-electron chi connectivity index (χ4n) is 3.88. The summed E-state index contributed by atoms with van der Waals surface area (Å²) in [5, 5.41) is 6.37. The van der Waals surface area contributed by atoms with E-state index in [1.165, 1.54) is 60.7 Å². The summed E-state index contributed by atoms with van der Waals surface area (Å²) >= 11 is 0. The quantitative estimate of drug-likeness (QED) is 0.143. The first kappa shape index (κ1) is 25.8. The number of anilines is 5. The lowest BCUT2D eigenvalue weighted by Crippen LogP contribution is -2.17. The van der Waals surface area contributed by atoms with Gasteiger partial charge in [0.25, 0.3) is 10.1 Å². The van der Waals surface area contributed by atoms with Crippen molar-refractivity contribution in [1.82, 2.24) is 15.0 Å². The van der Waals surface area contributed by atoms with Crippen molar-refractivity contribution < 1.29 is 21.4 Å². The van der Waals surface area contributed by atoms with Gasteiger partial charge >= 0.3 is 5.69 Å². The van der Waals surface area contributed by atoms with Crippen molar-refractivity contribution >= 4 is 59.7 Å². The number of sulfone groups is 1. The van der Waals surface area contributed by atoms with Gasteiger partial charge in [-0.3, -0.25) is 9.54 Å². The van der Waals surface area contributed by atoms with Crippen molar-refractivity contribution in [1.29, 1.82) is 0 Å². The van der Waals surface area contributed by atoms with E-state index in [4.69, 9.17) is 5.73 Å². The van der Waals surface area contributed by atoms with Gasteiger partial charge in [-0.1, -0.05) is 30.3 Å². The summed E-state index contributed by atoms with van der Waals surface area (Å²) in [5.74, 6) is -0.301. The summed E-state index contributed by atoms with van der Waals surface area (Å²) in [5.41, 5.74) is 5.64. The van der Waals surface area contributed by atoms with Crippen molar-refractivity contribution in [3.05, 3.63) is 95.4 Å². The molecule has 0 spiro atoms. The summed E-state index contributed by atoms with van der Waals surface area (Å²) in [4.78, 5) is 22.2. The Kier molecular flexibility index (Phi) is 6.51. The lowest BCUT2D eigenvalue weighted by atomic mass is 10.1. The number of fused-ring (bicyclic) bond motifs is 1. The molecule has 1 heterocycles. The van der Waals surface area contributed by atoms with Crippen LogP contribution in [0, 0.1) is 0 Å². The molecule has 0 fully saturated rings. The maximum Gasteiger partial charge on any atom is 0.351 e. The Hall–Kier alpha value is -4.79. The zero-order chi connectivity index (χ0) is 27.8. The van der Waals surface area contributed by atoms with Gasteiger partial charge in [0.05, 0.1) is 15.5 Å². The molecule has 6 N–H and O–H groups in total. The zero-order valence-electron chi connectivity index (χ0n) is 19.9. The molecule has 0 amide bonds. The molecule has 198 valence electrons. The highest BCUT2D eigenvalue weighted by molar-refractivity contribution is 7.91. The SMILES string of the molecule is Nc1ccc(S(=O)(=O)c2ccc(Nc3nc(Nc4ccc5ccccc5c4S(=O)(=O)O)nc(=O)[nH]3)cc2)cc1. The van der Waals surface area contributed by atoms with Crippen LogP contribution in [0.25, 0.3) is 10.8 Å². The van der Waals surface area contributed by atoms with Gasteiger partial charge in [0.1, 0.15) is 4.90 Å². The van der Waals surface area contributed by atoms with Crippen LogP contribution in [0.3, 0.4) is 0 Å². The number of H-pyrrole nitrogens is 1. The number of rotatable bonds is 7. The fourth-order valence-corrected chi connectivity index (χ4v) is 6.00. The number of hydrogen-bond acceptors (Lipinski definition) is 10. The molecule has 0 atom stereocenters. The van der Waals surface area contributed by atoms with E-state index in [0.29, 0.717) is 16.8 Å². The van der Waals surface area contributed by atoms with Crippen molar-refractivity contribution in [2.45, 2.75) is 14.7 Å². The zero-order valence-corrected chi connectivity index (χ0v) is 21.5. The molecule has 5 rings (SSSR count). The molecule has 0 radical (unpaired) electrons. The number of benzene rings is 4. The minimum Gasteiger partial charge on any atom is -0.399 e. The maximum atomic E-state index is 12.9. The first-order valence-corrected chi connectivity index (χ1v) is 14.2. The number of nitrogens with one attached hydrogen (secondary N) is 3. The van der Waals surface area contributed by atoms with E-state index >= 15 is 0 Å². The summed E-state index contributed by atoms with van der Waals surface area (Å²) in [6.45, 7) is 0. The van der Waals surface area contributed by atoms with Crippen LogP contribution < -0.4 is 22.1 Å². The largest absolute Gasteiger partial charge is 0.399 e. The van der Waals surface area contributed by atoms with Crippen LogP contribution in [-0.4, -0.2) is 36.3 Å². The van der Waals surface area contributed by atoms with Crippen molar-refractivity contribution in [2.75, 3.05) is 16.4 Å². The fraction of sp³-hybridized carbons (Fsp3) is 0. The highest BCUT2D eigenvalue weighted by atomic mass is 32.2. The van der Waals surface area contributed by atoms with Crippen LogP contribution in [0.15, 0.2) is 104 Å². The number of aromatic nitrogens is 3. The summed E-state index contributed by atoms with van der Waals surface area (Å²) in [6.07, 6.45) is 0. The van der Waals surface area contributed by atoms with Crippen LogP contribution in [0.5, 0.6) is 0 Å². The van der Waals surface area contributed by atoms with Gasteiger partial charge < -0.3 is 16.4 Å². The average Bonchev–Trinajstić information content (AvgIpc) is 2.88. The molecule has 0 bridgehead atoms. The second kappa shape index (κ2) is 9.83. The Bertz CT molecular complexity index is 1980. The first-order chi connectivity index (χ1) is 18.5. The normalized spacial score (nSPS) is 11.8. The van der Waals surface area contributed by atoms with Crippen LogP contribution >= 0.6 is 0 Å². The van der Waals surface area contributed by atoms with Crippen LogP contribution in [0.2, 0.25) is 0 Å². The van der Waals surface area contributed by atoms with Crippen molar-refractivity contribution in [2.24, 2.45) is 0 Å². The Labute approximate surface area is 222 Å². The van der Waals surface area contributed by atoms with Crippen molar-refractivity contribution in [3.63, 3.8) is 0 Å². The molecular formula is C25H20N6O6S2. The first-order valence-electron chi connectivity index (χ1n) is 11.2. The maximum absolute atomic E-state index is 12.9. The molecular weight excluding hydrogens is 544 g/mol. The molecule has 0 aliphatic heterocycles. The number of hydrogen-bond donors (Lipinski definition) is 5. The average molecular weight is 565 g/mol. The standard InChI is InChI=1S/C25H20N6O6S2/c26-16-6-10-18(11-7-16)38(33,34)19-12-8-17(9-13-19)27-23-29-24(31-25(32)30-23)28-21-14-5-15-3-1-2-4-20(15)22(21)39(35,36)37/h1-14H,26H2,(H,35,36,37)(H3,27,28,29,30,31,32). The van der Waals surface area contributed by atoms with Crippen LogP contribution in [-0.2, 0) is 20.0 Å². The van der Waals surface area contributed by atoms with E-state index in [9.17, 15) is 26.2 Å². The van der Waals surface area contributed by atoms with E-state index in [1.807, 2.05) is 0 Å². The lowest BCUT2D eigenvalue weighted by Gasteiger charge is -2.13. The molecule has 0 saturated heterocycles. The van der Waals surface area contributed by atoms with Gasteiger partial charge in [-0.25, -0.2) is 13.2 Å². The summed E-state index contributed by atoms with van der Waals surface area (Å²) < 4.78 is 60.0. The molecule has 39 heavy (non-hydrogen) atoms. The van der Waals surface area contributed by atoms with Gasteiger partial charge in [0.2, 0.25) is 21.7 Å². The van der Waals surface area contributed by atoms with Gasteiger partial charge in [0.15, 0.2) is 0 Å². The number of nitrogens with two attached hydrogens (primary N) is 1. The predicted molar refractivity (Wildman–Crippen MR) is 146 cm³/mol. The van der Waals surface area contributed by atoms with Gasteiger partial charge in [-0.05, 0) is 60.0 Å². The lowest BCUT2D eigenvalue weighted by molar-refractivity contribution is 0.484. The number of nitrogen functional groups attached to an aromatic ring is 1. The Morgan fingerprint density at radius 3 is 2.08 bits per heavy atom. The minimum absolute atomic E-state index is 0.0371. The second-order valence-corrected chi connectivity index (χ2v) is 11.6. The Morgan fingerprint density at radius 2 is 1.41 bits per heavy atom. The third-order valence-electron chi connectivity index (χ3n) is 5.65. The highest BCUT2D eigenvalue weighted by Gasteiger charge is 2.21. The topological polar surface area (TPSA) is 197 Å². The highest BCUT2D eigenvalue weighted by Crippen LogP contribution is 2.32. The van der Waals surface area contributed by atoms with Gasteiger partial charge in [-0.15, -0.1) is 0 Å². The summed E-state index contributed by atoms with van der Waals surface area (Å²) in [6, 6.07) is 21.2. The monoisotopic (exact) mass is 564 g/mol. The van der Waals surface area contributed by atoms with Crippen LogP contribution in [0.1, 0.15) is 0 Å². The van der Waals surface area contributed by atoms with E-state index in [1.54, 1.807) is 24.3 Å². The predicted octanol–water partition coefficient (Wildman–Crippen LogP) is 3.47. The number of nitrogens with zero attached hydrogens (tertiary/aromatic N) is 2. The van der Waals surface area contributed by atoms with E-state index in [0.717, 1.165) is 0 Å². The molecule has 0 aliphatic carbocycles. The van der Waals surface area contributed by atoms with Crippen molar-refractivity contribution in [3.8, 4) is 0 Å². The van der Waals surface area contributed by atoms with Crippen LogP contribution in [0.4, 0.5) is 29.0 Å². The molecule has 0 aliphatic rings. The molecule has 12 nitrogen and oxygen atoms in total. The third kappa shape index (κ3) is 5.43. The molecule has 0 saturated carbocycles. The minimum atomic E-state index is -4.66. The molecule has 1 aromatic heterocycles. The smallest absolute Gasteiger partial charge is 0.351 e. The number of aromatic amines is 1. The second-order valence-electron chi connectivity index (χ2n) is 8.31. The van der Waals surface area contributed by atoms with E-state index in [2.05, 4.69) is 25.6 Å². The Balaban J connectivity index is 1.42. The van der Waals surface area contributed by atoms with Gasteiger partial charge in [-0.2, -0.15) is 18.4 Å². The molecule has 4 aromatic carbocycles. The van der Waals surface area contributed by atoms with E-state index < -0.39 is 30.5 Å². The molecule has 0 unspecified atom stereocenters. The van der Waals surface area contributed by atoms with E-state index in [-0.39, 0.29) is 32.8 Å². The van der Waals surface area contributed by atoms with Gasteiger partial charge in [0, 0.05) is 16.8 Å². The Morgan fingerprint density at radius 1 is 0.769 bits per heavy atom. The molecule has 5 aromatic rings. The summed E-state index contributed by atoms with van der Waals surface area (Å²) in [7, 11) is -8.43. The molecule has 14 heteroatoms.